The topological polar surface area (TPSA) is 65.2 Å². The molecule has 0 spiro atoms. The molecule has 0 aliphatic heterocycles. The summed E-state index contributed by atoms with van der Waals surface area (Å²) in [4.78, 5) is 17.4. The highest BCUT2D eigenvalue weighted by Crippen LogP contribution is 2.25. The quantitative estimate of drug-likeness (QED) is 0.330. The molecule has 2 N–H and O–H groups in total. The van der Waals surface area contributed by atoms with Crippen molar-refractivity contribution in [3.63, 3.8) is 0 Å². The zero-order chi connectivity index (χ0) is 17.1. The lowest BCUT2D eigenvalue weighted by Gasteiger charge is -2.10. The molecule has 0 bridgehead atoms. The van der Waals surface area contributed by atoms with Gasteiger partial charge < -0.3 is 10.5 Å². The molecule has 0 amide bonds. The lowest BCUT2D eigenvalue weighted by atomic mass is 10.0. The Morgan fingerprint density at radius 1 is 1.21 bits per heavy atom. The number of pyridine rings is 1. The molecule has 0 saturated heterocycles. The first-order valence-corrected chi connectivity index (χ1v) is 8.31. The summed E-state index contributed by atoms with van der Waals surface area (Å²) in [6.45, 7) is 2.45. The number of aromatic nitrogens is 1. The van der Waals surface area contributed by atoms with Crippen molar-refractivity contribution in [3.05, 3.63) is 53.6 Å². The third kappa shape index (κ3) is 3.21. The van der Waals surface area contributed by atoms with Gasteiger partial charge in [-0.3, -0.25) is 0 Å². The van der Waals surface area contributed by atoms with Gasteiger partial charge in [0, 0.05) is 16.3 Å². The van der Waals surface area contributed by atoms with Crippen LogP contribution in [0.3, 0.4) is 0 Å². The van der Waals surface area contributed by atoms with Crippen LogP contribution in [0, 0.1) is 0 Å². The number of rotatable bonds is 5. The minimum absolute atomic E-state index is 0.231. The second-order valence-electron chi connectivity index (χ2n) is 5.63. The third-order valence-corrected chi connectivity index (χ3v) is 4.11. The van der Waals surface area contributed by atoms with Crippen molar-refractivity contribution < 1.29 is 9.53 Å². The number of benzene rings is 2. The highest BCUT2D eigenvalue weighted by Gasteiger charge is 2.16. The Kier molecular flexibility index (Phi) is 4.71. The first kappa shape index (κ1) is 16.3. The van der Waals surface area contributed by atoms with Crippen molar-refractivity contribution in [2.45, 2.75) is 19.8 Å². The van der Waals surface area contributed by atoms with Gasteiger partial charge in [-0.2, -0.15) is 0 Å². The minimum Gasteiger partial charge on any atom is -0.462 e. The van der Waals surface area contributed by atoms with Gasteiger partial charge in [-0.1, -0.05) is 43.8 Å². The minimum atomic E-state index is -0.372. The van der Waals surface area contributed by atoms with E-state index in [1.54, 1.807) is 6.07 Å². The number of para-hydroxylation sites is 1. The number of hydrogen-bond acceptors (Lipinski definition) is 4. The van der Waals surface area contributed by atoms with Crippen molar-refractivity contribution in [2.24, 2.45) is 5.73 Å². The number of esters is 1. The molecule has 2 aromatic carbocycles. The van der Waals surface area contributed by atoms with Gasteiger partial charge in [0.1, 0.15) is 4.99 Å². The monoisotopic (exact) mass is 338 g/mol. The van der Waals surface area contributed by atoms with Gasteiger partial charge in [-0.15, -0.1) is 0 Å². The molecule has 0 aliphatic rings. The van der Waals surface area contributed by atoms with Crippen molar-refractivity contribution in [1.82, 2.24) is 4.98 Å². The molecular weight excluding hydrogens is 320 g/mol. The molecule has 0 aliphatic carbocycles. The molecule has 5 heteroatoms. The average Bonchev–Trinajstić information content (AvgIpc) is 2.59. The van der Waals surface area contributed by atoms with E-state index < -0.39 is 0 Å². The van der Waals surface area contributed by atoms with Crippen molar-refractivity contribution >= 4 is 45.0 Å². The van der Waals surface area contributed by atoms with Crippen LogP contribution in [0.15, 0.2) is 42.5 Å². The maximum atomic E-state index is 12.5. The fourth-order valence-electron chi connectivity index (χ4n) is 2.58. The number of nitrogens with zero attached hydrogens (tertiary/aromatic N) is 1. The van der Waals surface area contributed by atoms with Gasteiger partial charge in [0.2, 0.25) is 0 Å². The maximum absolute atomic E-state index is 12.5. The van der Waals surface area contributed by atoms with Crippen molar-refractivity contribution in [2.75, 3.05) is 6.61 Å². The molecule has 3 aromatic rings. The zero-order valence-electron chi connectivity index (χ0n) is 13.4. The molecule has 0 radical (unpaired) electrons. The van der Waals surface area contributed by atoms with Gasteiger partial charge in [0.15, 0.2) is 0 Å². The van der Waals surface area contributed by atoms with Crippen molar-refractivity contribution in [3.8, 4) is 0 Å². The van der Waals surface area contributed by atoms with Crippen LogP contribution < -0.4 is 5.73 Å². The lowest BCUT2D eigenvalue weighted by Crippen LogP contribution is -2.13. The largest absolute Gasteiger partial charge is 0.462 e. The maximum Gasteiger partial charge on any atom is 0.338 e. The van der Waals surface area contributed by atoms with E-state index in [9.17, 15) is 4.79 Å². The second-order valence-corrected chi connectivity index (χ2v) is 6.07. The predicted molar refractivity (Wildman–Crippen MR) is 100 cm³/mol. The smallest absolute Gasteiger partial charge is 0.338 e. The molecule has 0 atom stereocenters. The molecule has 122 valence electrons. The molecule has 1 aromatic heterocycles. The zero-order valence-corrected chi connectivity index (χ0v) is 14.2. The molecule has 0 unspecified atom stereocenters. The average molecular weight is 338 g/mol. The molecular formula is C19H18N2O2S. The molecule has 0 saturated carbocycles. The van der Waals surface area contributed by atoms with E-state index in [-0.39, 0.29) is 11.0 Å². The summed E-state index contributed by atoms with van der Waals surface area (Å²) < 4.78 is 5.37. The first-order valence-electron chi connectivity index (χ1n) is 7.90. The van der Waals surface area contributed by atoms with Crippen LogP contribution in [-0.4, -0.2) is 22.5 Å². The predicted octanol–water partition coefficient (Wildman–Crippen LogP) is 3.98. The van der Waals surface area contributed by atoms with Crippen LogP contribution in [-0.2, 0) is 4.74 Å². The van der Waals surface area contributed by atoms with E-state index in [4.69, 9.17) is 22.7 Å². The van der Waals surface area contributed by atoms with Gasteiger partial charge in [-0.05, 0) is 30.7 Å². The van der Waals surface area contributed by atoms with Crippen LogP contribution in [0.2, 0.25) is 0 Å². The molecule has 24 heavy (non-hydrogen) atoms. The van der Waals surface area contributed by atoms with E-state index in [2.05, 4.69) is 4.98 Å². The van der Waals surface area contributed by atoms with E-state index in [1.165, 1.54) is 0 Å². The Morgan fingerprint density at radius 2 is 2.00 bits per heavy atom. The van der Waals surface area contributed by atoms with Crippen molar-refractivity contribution in [1.29, 1.82) is 0 Å². The Bertz CT molecular complexity index is 937. The summed E-state index contributed by atoms with van der Waals surface area (Å²) in [5, 5.41) is 1.71. The Labute approximate surface area is 145 Å². The number of unbranched alkanes of at least 4 members (excludes halogenated alkanes) is 1. The molecule has 0 fully saturated rings. The summed E-state index contributed by atoms with van der Waals surface area (Å²) >= 11 is 5.07. The number of fused-ring (bicyclic) bond motifs is 2. The van der Waals surface area contributed by atoms with Crippen LogP contribution >= 0.6 is 12.2 Å². The second kappa shape index (κ2) is 6.93. The third-order valence-electron chi connectivity index (χ3n) is 3.87. The lowest BCUT2D eigenvalue weighted by molar-refractivity contribution is 0.0502. The molecule has 3 rings (SSSR count). The highest BCUT2D eigenvalue weighted by atomic mass is 32.1. The van der Waals surface area contributed by atoms with Crippen LogP contribution in [0.1, 0.15) is 35.7 Å². The fraction of sp³-hybridized carbons (Fsp3) is 0.211. The van der Waals surface area contributed by atoms with Gasteiger partial charge in [0.05, 0.1) is 23.2 Å². The number of thiocarbonyl (C=S) groups is 1. The SMILES string of the molecule is CCCCOC(=O)c1cc(C(N)=S)cc2nc3ccccc3cc12. The summed E-state index contributed by atoms with van der Waals surface area (Å²) in [5.41, 5.74) is 8.36. The highest BCUT2D eigenvalue weighted by molar-refractivity contribution is 7.80. The number of ether oxygens (including phenoxy) is 1. The van der Waals surface area contributed by atoms with E-state index in [1.807, 2.05) is 43.3 Å². The van der Waals surface area contributed by atoms with Crippen LogP contribution in [0.4, 0.5) is 0 Å². The number of carbonyl (C=O) groups excluding carboxylic acids is 1. The molecule has 4 nitrogen and oxygen atoms in total. The summed E-state index contributed by atoms with van der Waals surface area (Å²) in [5.74, 6) is -0.372. The van der Waals surface area contributed by atoms with E-state index in [0.29, 0.717) is 23.3 Å². The van der Waals surface area contributed by atoms with E-state index >= 15 is 0 Å². The van der Waals surface area contributed by atoms with Crippen LogP contribution in [0.25, 0.3) is 21.8 Å². The summed E-state index contributed by atoms with van der Waals surface area (Å²) in [7, 11) is 0. The number of hydrogen-bond donors (Lipinski definition) is 1. The summed E-state index contributed by atoms with van der Waals surface area (Å²) in [6, 6.07) is 13.2. The Morgan fingerprint density at radius 3 is 2.75 bits per heavy atom. The standard InChI is InChI=1S/C19H18N2O2S/c1-2-3-8-23-19(22)15-10-13(18(20)24)11-17-14(15)9-12-6-4-5-7-16(12)21-17/h4-7,9-11H,2-3,8H2,1H3,(H2,20,24). The number of carbonyl (C=O) groups is 1. The Hall–Kier alpha value is -2.53. The van der Waals surface area contributed by atoms with Gasteiger partial charge >= 0.3 is 5.97 Å². The molecule has 1 heterocycles. The normalized spacial score (nSPS) is 10.9. The Balaban J connectivity index is 2.18. The summed E-state index contributed by atoms with van der Waals surface area (Å²) in [6.07, 6.45) is 1.80. The van der Waals surface area contributed by atoms with E-state index in [0.717, 1.165) is 29.1 Å². The van der Waals surface area contributed by atoms with Gasteiger partial charge in [0.25, 0.3) is 0 Å². The number of nitrogens with two attached hydrogens (primary N) is 1. The van der Waals surface area contributed by atoms with Crippen LogP contribution in [0.5, 0.6) is 0 Å². The fourth-order valence-corrected chi connectivity index (χ4v) is 2.69. The van der Waals surface area contributed by atoms with Gasteiger partial charge in [-0.25, -0.2) is 9.78 Å². The first-order chi connectivity index (χ1) is 11.6.